The summed E-state index contributed by atoms with van der Waals surface area (Å²) < 4.78 is 59.9. The Balaban J connectivity index is 1.07. The number of rotatable bonds is 7. The number of hydrogen-bond donors (Lipinski definition) is 1. The first-order chi connectivity index (χ1) is 20.0. The number of carbonyl (C=O) groups excluding carboxylic acids is 1. The van der Waals surface area contributed by atoms with Gasteiger partial charge in [-0.3, -0.25) is 14.9 Å². The van der Waals surface area contributed by atoms with Crippen LogP contribution < -0.4 is 10.2 Å². The van der Waals surface area contributed by atoms with Crippen LogP contribution in [-0.2, 0) is 15.7 Å². The first kappa shape index (κ1) is 29.5. The molecule has 224 valence electrons. The second-order valence-electron chi connectivity index (χ2n) is 10.7. The van der Waals surface area contributed by atoms with Gasteiger partial charge in [0, 0.05) is 49.4 Å². The maximum absolute atomic E-state index is 13.5. The quantitative estimate of drug-likeness (QED) is 0.214. The number of nitro benzene ring substituents is 1. The fourth-order valence-electron chi connectivity index (χ4n) is 5.68. The van der Waals surface area contributed by atoms with Crippen LogP contribution >= 0.6 is 0 Å². The Morgan fingerprint density at radius 2 is 1.79 bits per heavy atom. The lowest BCUT2D eigenvalue weighted by Gasteiger charge is -2.36. The summed E-state index contributed by atoms with van der Waals surface area (Å²) in [7, 11) is 0. The molecule has 2 aliphatic rings. The Kier molecular flexibility index (Phi) is 8.48. The molecule has 3 aromatic rings. The summed E-state index contributed by atoms with van der Waals surface area (Å²) in [6.07, 6.45) is -2.46. The molecule has 0 atom stereocenters. The lowest BCUT2D eigenvalue weighted by molar-refractivity contribution is -0.388. The van der Waals surface area contributed by atoms with Gasteiger partial charge in [0.2, 0.25) is 5.91 Å². The SMILES string of the molecule is Cc1c(NC2CCC(OCC(=O)N3CCN(c4ccc5cc(F)ccc5n4)CC3)CC2)ccc([N+](=O)[O-])c1C(F)(F)F. The average molecular weight is 590 g/mol. The van der Waals surface area contributed by atoms with Gasteiger partial charge in [-0.25, -0.2) is 9.37 Å². The van der Waals surface area contributed by atoms with Crippen molar-refractivity contribution in [3.05, 3.63) is 69.5 Å². The standard InChI is InChI=1S/C29H31F4N5O4/c1-18-23(9-10-25(38(40)41)28(18)29(31,32)33)34-21-4-6-22(7-5-21)42-17-27(39)37-14-12-36(13-15-37)26-11-2-19-16-20(30)3-8-24(19)35-26/h2-3,8-11,16,21-22,34H,4-7,12-15,17H2,1H3. The molecule has 1 aliphatic heterocycles. The van der Waals surface area contributed by atoms with Gasteiger partial charge >= 0.3 is 6.18 Å². The zero-order valence-electron chi connectivity index (χ0n) is 23.0. The van der Waals surface area contributed by atoms with Crippen molar-refractivity contribution < 1.29 is 32.0 Å². The number of nitrogens with one attached hydrogen (secondary N) is 1. The number of alkyl halides is 3. The number of anilines is 2. The Labute approximate surface area is 239 Å². The molecule has 1 amide bonds. The number of carbonyl (C=O) groups is 1. The van der Waals surface area contributed by atoms with Crippen LogP contribution in [0.3, 0.4) is 0 Å². The predicted octanol–water partition coefficient (Wildman–Crippen LogP) is 5.70. The lowest BCUT2D eigenvalue weighted by atomic mass is 9.92. The Morgan fingerprint density at radius 3 is 2.45 bits per heavy atom. The summed E-state index contributed by atoms with van der Waals surface area (Å²) >= 11 is 0. The van der Waals surface area contributed by atoms with Gasteiger partial charge in [0.05, 0.1) is 16.5 Å². The Hall–Kier alpha value is -4.00. The van der Waals surface area contributed by atoms with E-state index in [9.17, 15) is 32.5 Å². The minimum absolute atomic E-state index is 0.0427. The maximum atomic E-state index is 13.5. The summed E-state index contributed by atoms with van der Waals surface area (Å²) in [6, 6.07) is 10.3. The topological polar surface area (TPSA) is 101 Å². The third-order valence-corrected chi connectivity index (χ3v) is 7.99. The number of ether oxygens (including phenoxy) is 1. The average Bonchev–Trinajstić information content (AvgIpc) is 2.96. The van der Waals surface area contributed by atoms with E-state index in [1.54, 1.807) is 11.0 Å². The first-order valence-electron chi connectivity index (χ1n) is 13.8. The van der Waals surface area contributed by atoms with Gasteiger partial charge < -0.3 is 19.9 Å². The number of pyridine rings is 1. The molecule has 9 nitrogen and oxygen atoms in total. The number of halogens is 4. The lowest BCUT2D eigenvalue weighted by Crippen LogP contribution is -2.50. The van der Waals surface area contributed by atoms with Crippen LogP contribution in [0.15, 0.2) is 42.5 Å². The van der Waals surface area contributed by atoms with Crippen molar-refractivity contribution in [2.75, 3.05) is 43.0 Å². The van der Waals surface area contributed by atoms with E-state index in [-0.39, 0.29) is 41.7 Å². The van der Waals surface area contributed by atoms with E-state index in [2.05, 4.69) is 15.2 Å². The fraction of sp³-hybridized carbons (Fsp3) is 0.448. The van der Waals surface area contributed by atoms with Crippen molar-refractivity contribution >= 4 is 34.0 Å². The fourth-order valence-corrected chi connectivity index (χ4v) is 5.68. The molecule has 1 aliphatic carbocycles. The molecular weight excluding hydrogens is 558 g/mol. The highest BCUT2D eigenvalue weighted by Crippen LogP contribution is 2.41. The van der Waals surface area contributed by atoms with Crippen molar-refractivity contribution in [2.45, 2.75) is 50.9 Å². The van der Waals surface area contributed by atoms with E-state index in [4.69, 9.17) is 4.74 Å². The molecule has 0 spiro atoms. The van der Waals surface area contributed by atoms with E-state index in [1.165, 1.54) is 25.1 Å². The van der Waals surface area contributed by atoms with E-state index in [0.717, 1.165) is 17.3 Å². The summed E-state index contributed by atoms with van der Waals surface area (Å²) in [6.45, 7) is 3.46. The molecule has 1 aromatic heterocycles. The number of piperazine rings is 1. The van der Waals surface area contributed by atoms with Crippen molar-refractivity contribution in [3.63, 3.8) is 0 Å². The molecule has 42 heavy (non-hydrogen) atoms. The normalized spacial score (nSPS) is 19.6. The Morgan fingerprint density at radius 1 is 1.07 bits per heavy atom. The zero-order valence-corrected chi connectivity index (χ0v) is 23.0. The van der Waals surface area contributed by atoms with Crippen molar-refractivity contribution in [1.29, 1.82) is 0 Å². The predicted molar refractivity (Wildman–Crippen MR) is 149 cm³/mol. The van der Waals surface area contributed by atoms with E-state index >= 15 is 0 Å². The van der Waals surface area contributed by atoms with Crippen LogP contribution in [0.2, 0.25) is 0 Å². The number of benzene rings is 2. The van der Waals surface area contributed by atoms with Crippen LogP contribution in [0.25, 0.3) is 10.9 Å². The number of amides is 1. The van der Waals surface area contributed by atoms with E-state index in [0.29, 0.717) is 57.4 Å². The molecular formula is C29H31F4N5O4. The molecule has 2 fully saturated rings. The van der Waals surface area contributed by atoms with Gasteiger partial charge in [-0.05, 0) is 74.6 Å². The molecule has 0 bridgehead atoms. The Bertz CT molecular complexity index is 1470. The molecule has 1 saturated carbocycles. The summed E-state index contributed by atoms with van der Waals surface area (Å²) in [5.74, 6) is 0.371. The minimum atomic E-state index is -4.84. The van der Waals surface area contributed by atoms with E-state index in [1.807, 2.05) is 12.1 Å². The third kappa shape index (κ3) is 6.56. The van der Waals surface area contributed by atoms with Crippen LogP contribution in [0.5, 0.6) is 0 Å². The maximum Gasteiger partial charge on any atom is 0.423 e. The molecule has 13 heteroatoms. The molecule has 1 saturated heterocycles. The van der Waals surface area contributed by atoms with Crippen molar-refractivity contribution in [1.82, 2.24) is 9.88 Å². The highest BCUT2D eigenvalue weighted by Gasteiger charge is 2.41. The second-order valence-corrected chi connectivity index (χ2v) is 10.7. The van der Waals surface area contributed by atoms with Gasteiger partial charge in [-0.1, -0.05) is 0 Å². The summed E-state index contributed by atoms with van der Waals surface area (Å²) in [5, 5.41) is 15.0. The molecule has 1 N–H and O–H groups in total. The van der Waals surface area contributed by atoms with Crippen molar-refractivity contribution in [2.24, 2.45) is 0 Å². The summed E-state index contributed by atoms with van der Waals surface area (Å²) in [5.41, 5.74) is -1.47. The number of hydrogen-bond acceptors (Lipinski definition) is 7. The molecule has 2 aromatic carbocycles. The van der Waals surface area contributed by atoms with Crippen LogP contribution in [-0.4, -0.2) is 65.6 Å². The number of fused-ring (bicyclic) bond motifs is 1. The smallest absolute Gasteiger partial charge is 0.382 e. The minimum Gasteiger partial charge on any atom is -0.382 e. The summed E-state index contributed by atoms with van der Waals surface area (Å²) in [4.78, 5) is 31.4. The van der Waals surface area contributed by atoms with Gasteiger partial charge in [0.1, 0.15) is 23.8 Å². The van der Waals surface area contributed by atoms with Gasteiger partial charge in [0.25, 0.3) is 5.69 Å². The number of aromatic nitrogens is 1. The van der Waals surface area contributed by atoms with Crippen LogP contribution in [0.1, 0.15) is 36.8 Å². The van der Waals surface area contributed by atoms with Gasteiger partial charge in [-0.15, -0.1) is 0 Å². The highest BCUT2D eigenvalue weighted by molar-refractivity contribution is 5.80. The first-order valence-corrected chi connectivity index (χ1v) is 13.8. The zero-order chi connectivity index (χ0) is 30.0. The highest BCUT2D eigenvalue weighted by atomic mass is 19.4. The van der Waals surface area contributed by atoms with Gasteiger partial charge in [0.15, 0.2) is 0 Å². The second kappa shape index (κ2) is 12.1. The van der Waals surface area contributed by atoms with Crippen LogP contribution in [0.4, 0.5) is 34.8 Å². The van der Waals surface area contributed by atoms with Crippen LogP contribution in [0, 0.1) is 22.9 Å². The molecule has 0 radical (unpaired) electrons. The molecule has 2 heterocycles. The van der Waals surface area contributed by atoms with Crippen molar-refractivity contribution in [3.8, 4) is 0 Å². The van der Waals surface area contributed by atoms with E-state index < -0.39 is 22.4 Å². The van der Waals surface area contributed by atoms with Gasteiger partial charge in [-0.2, -0.15) is 13.2 Å². The number of nitro groups is 1. The molecule has 5 rings (SSSR count). The number of nitrogens with zero attached hydrogens (tertiary/aromatic N) is 4. The largest absolute Gasteiger partial charge is 0.423 e. The monoisotopic (exact) mass is 589 g/mol. The molecule has 0 unspecified atom stereocenters. The third-order valence-electron chi connectivity index (χ3n) is 7.99.